The van der Waals surface area contributed by atoms with Crippen molar-refractivity contribution in [3.05, 3.63) is 29.3 Å². The van der Waals surface area contributed by atoms with Crippen molar-refractivity contribution in [3.8, 4) is 5.75 Å². The molecule has 0 spiro atoms. The van der Waals surface area contributed by atoms with Crippen molar-refractivity contribution in [1.29, 1.82) is 0 Å². The molecule has 2 rings (SSSR count). The number of hydrogen-bond acceptors (Lipinski definition) is 3. The van der Waals surface area contributed by atoms with Crippen LogP contribution < -0.4 is 10.1 Å². The SMILES string of the molecule is CCNCc1cc(F)c(OC2CCOCC2)c(F)c1. The van der Waals surface area contributed by atoms with E-state index in [2.05, 4.69) is 5.32 Å². The average molecular weight is 271 g/mol. The van der Waals surface area contributed by atoms with Crippen LogP contribution in [0.4, 0.5) is 8.78 Å². The zero-order valence-corrected chi connectivity index (χ0v) is 11.0. The lowest BCUT2D eigenvalue weighted by molar-refractivity contribution is 0.0223. The van der Waals surface area contributed by atoms with Gasteiger partial charge >= 0.3 is 0 Å². The second-order valence-electron chi connectivity index (χ2n) is 4.60. The van der Waals surface area contributed by atoms with Gasteiger partial charge in [0.15, 0.2) is 17.4 Å². The van der Waals surface area contributed by atoms with Crippen molar-refractivity contribution in [2.24, 2.45) is 0 Å². The number of halogens is 2. The van der Waals surface area contributed by atoms with Crippen LogP contribution in [0.15, 0.2) is 12.1 Å². The monoisotopic (exact) mass is 271 g/mol. The van der Waals surface area contributed by atoms with Gasteiger partial charge in [0.25, 0.3) is 0 Å². The highest BCUT2D eigenvalue weighted by atomic mass is 19.1. The fourth-order valence-electron chi connectivity index (χ4n) is 2.06. The Morgan fingerprint density at radius 3 is 2.47 bits per heavy atom. The molecule has 1 aliphatic rings. The van der Waals surface area contributed by atoms with Gasteiger partial charge < -0.3 is 14.8 Å². The highest BCUT2D eigenvalue weighted by molar-refractivity contribution is 5.31. The normalized spacial score (nSPS) is 16.6. The smallest absolute Gasteiger partial charge is 0.191 e. The highest BCUT2D eigenvalue weighted by Gasteiger charge is 2.20. The van der Waals surface area contributed by atoms with Crippen LogP contribution in [0.25, 0.3) is 0 Å². The van der Waals surface area contributed by atoms with Gasteiger partial charge in [0.2, 0.25) is 0 Å². The third-order valence-corrected chi connectivity index (χ3v) is 3.09. The molecule has 19 heavy (non-hydrogen) atoms. The minimum atomic E-state index is -0.639. The second-order valence-corrected chi connectivity index (χ2v) is 4.60. The van der Waals surface area contributed by atoms with E-state index in [4.69, 9.17) is 9.47 Å². The van der Waals surface area contributed by atoms with Crippen molar-refractivity contribution >= 4 is 0 Å². The van der Waals surface area contributed by atoms with Gasteiger partial charge in [0.1, 0.15) is 6.10 Å². The zero-order valence-electron chi connectivity index (χ0n) is 11.0. The predicted molar refractivity (Wildman–Crippen MR) is 68.2 cm³/mol. The Morgan fingerprint density at radius 2 is 1.89 bits per heavy atom. The van der Waals surface area contributed by atoms with E-state index in [-0.39, 0.29) is 11.9 Å². The van der Waals surface area contributed by atoms with E-state index in [0.717, 1.165) is 6.54 Å². The molecule has 1 heterocycles. The van der Waals surface area contributed by atoms with Crippen LogP contribution in [-0.4, -0.2) is 25.9 Å². The lowest BCUT2D eigenvalue weighted by atomic mass is 10.1. The van der Waals surface area contributed by atoms with Gasteiger partial charge in [0.05, 0.1) is 13.2 Å². The topological polar surface area (TPSA) is 30.5 Å². The van der Waals surface area contributed by atoms with Crippen molar-refractivity contribution < 1.29 is 18.3 Å². The number of nitrogens with one attached hydrogen (secondary N) is 1. The molecule has 0 radical (unpaired) electrons. The molecule has 1 aromatic rings. The number of benzene rings is 1. The lowest BCUT2D eigenvalue weighted by Crippen LogP contribution is -2.26. The summed E-state index contributed by atoms with van der Waals surface area (Å²) in [7, 11) is 0. The Hall–Kier alpha value is -1.20. The fraction of sp³-hybridized carbons (Fsp3) is 0.571. The summed E-state index contributed by atoms with van der Waals surface area (Å²) in [5.74, 6) is -1.55. The molecule has 0 atom stereocenters. The maximum atomic E-state index is 13.9. The number of hydrogen-bond donors (Lipinski definition) is 1. The molecule has 1 saturated heterocycles. The summed E-state index contributed by atoms with van der Waals surface area (Å²) in [4.78, 5) is 0. The molecule has 1 aromatic carbocycles. The number of ether oxygens (including phenoxy) is 2. The van der Waals surface area contributed by atoms with Gasteiger partial charge in [-0.3, -0.25) is 0 Å². The molecule has 0 unspecified atom stereocenters. The summed E-state index contributed by atoms with van der Waals surface area (Å²) in [6.45, 7) is 4.29. The van der Waals surface area contributed by atoms with Gasteiger partial charge in [-0.15, -0.1) is 0 Å². The van der Waals surface area contributed by atoms with Crippen molar-refractivity contribution in [3.63, 3.8) is 0 Å². The largest absolute Gasteiger partial charge is 0.484 e. The van der Waals surface area contributed by atoms with Gasteiger partial charge in [-0.05, 0) is 24.2 Å². The Kier molecular flexibility index (Phi) is 5.10. The molecule has 0 aliphatic carbocycles. The number of rotatable bonds is 5. The third kappa shape index (κ3) is 3.88. The summed E-state index contributed by atoms with van der Waals surface area (Å²) < 4.78 is 38.3. The molecule has 1 N–H and O–H groups in total. The second kappa shape index (κ2) is 6.82. The van der Waals surface area contributed by atoms with E-state index in [9.17, 15) is 8.78 Å². The molecule has 1 fully saturated rings. The van der Waals surface area contributed by atoms with Gasteiger partial charge in [0, 0.05) is 19.4 Å². The minimum Gasteiger partial charge on any atom is -0.484 e. The van der Waals surface area contributed by atoms with Gasteiger partial charge in [-0.25, -0.2) is 8.78 Å². The lowest BCUT2D eigenvalue weighted by Gasteiger charge is -2.23. The maximum Gasteiger partial charge on any atom is 0.191 e. The summed E-state index contributed by atoms with van der Waals surface area (Å²) in [5.41, 5.74) is 0.580. The Balaban J connectivity index is 2.07. The summed E-state index contributed by atoms with van der Waals surface area (Å²) in [5, 5.41) is 3.03. The molecule has 106 valence electrons. The molecule has 0 saturated carbocycles. The zero-order chi connectivity index (χ0) is 13.7. The first kappa shape index (κ1) is 14.2. The van der Waals surface area contributed by atoms with Crippen molar-refractivity contribution in [2.45, 2.75) is 32.4 Å². The average Bonchev–Trinajstić information content (AvgIpc) is 2.42. The van der Waals surface area contributed by atoms with Crippen LogP contribution in [0.5, 0.6) is 5.75 Å². The first-order chi connectivity index (χ1) is 9.20. The van der Waals surface area contributed by atoms with E-state index in [1.165, 1.54) is 12.1 Å². The van der Waals surface area contributed by atoms with E-state index >= 15 is 0 Å². The maximum absolute atomic E-state index is 13.9. The van der Waals surface area contributed by atoms with Crippen LogP contribution in [-0.2, 0) is 11.3 Å². The van der Waals surface area contributed by atoms with Gasteiger partial charge in [-0.1, -0.05) is 6.92 Å². The van der Waals surface area contributed by atoms with E-state index < -0.39 is 11.6 Å². The molecule has 0 amide bonds. The molecule has 5 heteroatoms. The molecule has 1 aliphatic heterocycles. The molecular weight excluding hydrogens is 252 g/mol. The summed E-state index contributed by atoms with van der Waals surface area (Å²) in [6, 6.07) is 2.64. The predicted octanol–water partition coefficient (Wildman–Crippen LogP) is 2.63. The van der Waals surface area contributed by atoms with E-state index in [1.807, 2.05) is 6.92 Å². The third-order valence-electron chi connectivity index (χ3n) is 3.09. The summed E-state index contributed by atoms with van der Waals surface area (Å²) in [6.07, 6.45) is 1.16. The quantitative estimate of drug-likeness (QED) is 0.893. The molecule has 0 bridgehead atoms. The fourth-order valence-corrected chi connectivity index (χ4v) is 2.06. The minimum absolute atomic E-state index is 0.169. The Labute approximate surface area is 111 Å². The van der Waals surface area contributed by atoms with E-state index in [0.29, 0.717) is 38.2 Å². The standard InChI is InChI=1S/C14H19F2NO2/c1-2-17-9-10-7-12(15)14(13(16)8-10)19-11-3-5-18-6-4-11/h7-8,11,17H,2-6,9H2,1H3. The molecule has 0 aromatic heterocycles. The van der Waals surface area contributed by atoms with Crippen LogP contribution in [0, 0.1) is 11.6 Å². The van der Waals surface area contributed by atoms with Crippen LogP contribution in [0.2, 0.25) is 0 Å². The molecular formula is C14H19F2NO2. The van der Waals surface area contributed by atoms with Gasteiger partial charge in [-0.2, -0.15) is 0 Å². The Morgan fingerprint density at radius 1 is 1.26 bits per heavy atom. The highest BCUT2D eigenvalue weighted by Crippen LogP contribution is 2.26. The van der Waals surface area contributed by atoms with Crippen molar-refractivity contribution in [2.75, 3.05) is 19.8 Å². The first-order valence-electron chi connectivity index (χ1n) is 6.63. The van der Waals surface area contributed by atoms with E-state index in [1.54, 1.807) is 0 Å². The Bertz CT molecular complexity index is 397. The van der Waals surface area contributed by atoms with Crippen molar-refractivity contribution in [1.82, 2.24) is 5.32 Å². The van der Waals surface area contributed by atoms with Crippen LogP contribution in [0.1, 0.15) is 25.3 Å². The van der Waals surface area contributed by atoms with Crippen LogP contribution >= 0.6 is 0 Å². The first-order valence-corrected chi connectivity index (χ1v) is 6.63. The summed E-state index contributed by atoms with van der Waals surface area (Å²) >= 11 is 0. The van der Waals surface area contributed by atoms with Crippen LogP contribution in [0.3, 0.4) is 0 Å². The molecule has 3 nitrogen and oxygen atoms in total.